The first-order valence-corrected chi connectivity index (χ1v) is 7.21. The number of carbonyl (C=O) groups is 1. The molecule has 0 amide bonds. The molecule has 110 valence electrons. The molecule has 3 heteroatoms. The van der Waals surface area contributed by atoms with Crippen molar-refractivity contribution in [1.82, 2.24) is 0 Å². The predicted octanol–water partition coefficient (Wildman–Crippen LogP) is 3.91. The lowest BCUT2D eigenvalue weighted by Crippen LogP contribution is -2.21. The molecular weight excluding hydrogens is 262 g/mol. The molecule has 21 heavy (non-hydrogen) atoms. The number of nitrogens with one attached hydrogen (secondary N) is 1. The Morgan fingerprint density at radius 1 is 1.10 bits per heavy atom. The first-order chi connectivity index (χ1) is 10.2. The van der Waals surface area contributed by atoms with Gasteiger partial charge in [-0.25, -0.2) is 4.79 Å². The Morgan fingerprint density at radius 2 is 1.76 bits per heavy atom. The van der Waals surface area contributed by atoms with Crippen molar-refractivity contribution in [2.75, 3.05) is 12.4 Å². The van der Waals surface area contributed by atoms with Crippen molar-refractivity contribution in [3.63, 3.8) is 0 Å². The molecule has 0 aromatic heterocycles. The van der Waals surface area contributed by atoms with Crippen LogP contribution in [0.3, 0.4) is 0 Å². The second kappa shape index (κ2) is 7.48. The Morgan fingerprint density at radius 3 is 2.33 bits per heavy atom. The Balaban J connectivity index is 2.00. The third-order valence-electron chi connectivity index (χ3n) is 3.49. The minimum Gasteiger partial charge on any atom is -0.465 e. The van der Waals surface area contributed by atoms with Crippen LogP contribution >= 0.6 is 0 Å². The van der Waals surface area contributed by atoms with E-state index in [0.29, 0.717) is 11.6 Å². The standard InChI is InChI=1S/C18H21NO2/c1-3-16(13-14-7-5-4-6-8-14)19-17-11-9-15(10-12-17)18(20)21-2/h4-12,16,19H,3,13H2,1-2H3. The van der Waals surface area contributed by atoms with Crippen molar-refractivity contribution < 1.29 is 9.53 Å². The Labute approximate surface area is 126 Å². The Hall–Kier alpha value is -2.29. The van der Waals surface area contributed by atoms with Crippen molar-refractivity contribution in [3.05, 3.63) is 65.7 Å². The zero-order valence-corrected chi connectivity index (χ0v) is 12.5. The molecule has 1 N–H and O–H groups in total. The quantitative estimate of drug-likeness (QED) is 0.817. The molecule has 0 saturated carbocycles. The van der Waals surface area contributed by atoms with Gasteiger partial charge in [0.1, 0.15) is 0 Å². The second-order valence-corrected chi connectivity index (χ2v) is 5.01. The summed E-state index contributed by atoms with van der Waals surface area (Å²) in [6.45, 7) is 2.17. The van der Waals surface area contributed by atoms with Crippen LogP contribution in [0.4, 0.5) is 5.69 Å². The third kappa shape index (κ3) is 4.35. The summed E-state index contributed by atoms with van der Waals surface area (Å²) in [6.07, 6.45) is 2.02. The smallest absolute Gasteiger partial charge is 0.337 e. The average molecular weight is 283 g/mol. The zero-order valence-electron chi connectivity index (χ0n) is 12.5. The van der Waals surface area contributed by atoms with Gasteiger partial charge in [0, 0.05) is 11.7 Å². The molecule has 0 aliphatic rings. The molecule has 2 rings (SSSR count). The number of hydrogen-bond donors (Lipinski definition) is 1. The van der Waals surface area contributed by atoms with Crippen LogP contribution < -0.4 is 5.32 Å². The van der Waals surface area contributed by atoms with Gasteiger partial charge in [-0.2, -0.15) is 0 Å². The largest absolute Gasteiger partial charge is 0.465 e. The Kier molecular flexibility index (Phi) is 5.38. The maximum atomic E-state index is 11.4. The highest BCUT2D eigenvalue weighted by Crippen LogP contribution is 2.15. The predicted molar refractivity (Wildman–Crippen MR) is 85.6 cm³/mol. The Bertz CT molecular complexity index is 564. The number of esters is 1. The van der Waals surface area contributed by atoms with Crippen molar-refractivity contribution >= 4 is 11.7 Å². The molecule has 1 unspecified atom stereocenters. The minimum absolute atomic E-state index is 0.308. The molecule has 0 saturated heterocycles. The van der Waals surface area contributed by atoms with Gasteiger partial charge in [-0.05, 0) is 42.7 Å². The topological polar surface area (TPSA) is 38.3 Å². The molecule has 2 aromatic carbocycles. The minimum atomic E-state index is -0.308. The number of ether oxygens (including phenoxy) is 1. The summed E-state index contributed by atoms with van der Waals surface area (Å²) in [7, 11) is 1.39. The molecule has 2 aromatic rings. The summed E-state index contributed by atoms with van der Waals surface area (Å²) in [4.78, 5) is 11.4. The fourth-order valence-corrected chi connectivity index (χ4v) is 2.25. The second-order valence-electron chi connectivity index (χ2n) is 5.01. The van der Waals surface area contributed by atoms with Crippen molar-refractivity contribution in [2.45, 2.75) is 25.8 Å². The zero-order chi connectivity index (χ0) is 15.1. The third-order valence-corrected chi connectivity index (χ3v) is 3.49. The summed E-state index contributed by atoms with van der Waals surface area (Å²) in [5.41, 5.74) is 2.91. The van der Waals surface area contributed by atoms with Crippen LogP contribution in [-0.2, 0) is 11.2 Å². The van der Waals surface area contributed by atoms with E-state index < -0.39 is 0 Å². The molecule has 0 heterocycles. The van der Waals surface area contributed by atoms with E-state index in [0.717, 1.165) is 18.5 Å². The molecule has 0 spiro atoms. The van der Waals surface area contributed by atoms with E-state index in [1.54, 1.807) is 12.1 Å². The van der Waals surface area contributed by atoms with Crippen molar-refractivity contribution in [3.8, 4) is 0 Å². The summed E-state index contributed by atoms with van der Waals surface area (Å²) >= 11 is 0. The van der Waals surface area contributed by atoms with Gasteiger partial charge in [0.25, 0.3) is 0 Å². The van der Waals surface area contributed by atoms with Gasteiger partial charge < -0.3 is 10.1 Å². The number of methoxy groups -OCH3 is 1. The van der Waals surface area contributed by atoms with Gasteiger partial charge in [0.05, 0.1) is 12.7 Å². The van der Waals surface area contributed by atoms with E-state index >= 15 is 0 Å². The van der Waals surface area contributed by atoms with Gasteiger partial charge in [-0.3, -0.25) is 0 Å². The first kappa shape index (κ1) is 15.1. The van der Waals surface area contributed by atoms with Crippen LogP contribution in [0.2, 0.25) is 0 Å². The van der Waals surface area contributed by atoms with Crippen LogP contribution in [0, 0.1) is 0 Å². The van der Waals surface area contributed by atoms with Gasteiger partial charge in [-0.1, -0.05) is 37.3 Å². The highest BCUT2D eigenvalue weighted by Gasteiger charge is 2.09. The van der Waals surface area contributed by atoms with Crippen molar-refractivity contribution in [1.29, 1.82) is 0 Å². The lowest BCUT2D eigenvalue weighted by Gasteiger charge is -2.18. The summed E-state index contributed by atoms with van der Waals surface area (Å²) in [5.74, 6) is -0.308. The lowest BCUT2D eigenvalue weighted by atomic mass is 10.0. The van der Waals surface area contributed by atoms with Gasteiger partial charge in [-0.15, -0.1) is 0 Å². The molecule has 0 fully saturated rings. The maximum Gasteiger partial charge on any atom is 0.337 e. The fraction of sp³-hybridized carbons (Fsp3) is 0.278. The van der Waals surface area contributed by atoms with E-state index in [9.17, 15) is 4.79 Å². The lowest BCUT2D eigenvalue weighted by molar-refractivity contribution is 0.0601. The molecule has 0 bridgehead atoms. The van der Waals surface area contributed by atoms with Gasteiger partial charge >= 0.3 is 5.97 Å². The molecule has 0 aliphatic carbocycles. The SMILES string of the molecule is CCC(Cc1ccccc1)Nc1ccc(C(=O)OC)cc1. The number of hydrogen-bond acceptors (Lipinski definition) is 3. The van der Waals surface area contributed by atoms with Gasteiger partial charge in [0.15, 0.2) is 0 Å². The molecular formula is C18H21NO2. The highest BCUT2D eigenvalue weighted by molar-refractivity contribution is 5.89. The van der Waals surface area contributed by atoms with E-state index in [-0.39, 0.29) is 5.97 Å². The van der Waals surface area contributed by atoms with Gasteiger partial charge in [0.2, 0.25) is 0 Å². The summed E-state index contributed by atoms with van der Waals surface area (Å²) < 4.78 is 4.70. The highest BCUT2D eigenvalue weighted by atomic mass is 16.5. The van der Waals surface area contributed by atoms with Crippen molar-refractivity contribution in [2.24, 2.45) is 0 Å². The van der Waals surface area contributed by atoms with Crippen LogP contribution in [0.5, 0.6) is 0 Å². The molecule has 3 nitrogen and oxygen atoms in total. The van der Waals surface area contributed by atoms with Crippen LogP contribution in [0.25, 0.3) is 0 Å². The van der Waals surface area contributed by atoms with Crippen LogP contribution in [0.15, 0.2) is 54.6 Å². The molecule has 1 atom stereocenters. The van der Waals surface area contributed by atoms with E-state index in [1.807, 2.05) is 18.2 Å². The van der Waals surface area contributed by atoms with E-state index in [2.05, 4.69) is 36.5 Å². The normalized spacial score (nSPS) is 11.7. The van der Waals surface area contributed by atoms with Crippen LogP contribution in [-0.4, -0.2) is 19.1 Å². The number of carbonyl (C=O) groups excluding carboxylic acids is 1. The first-order valence-electron chi connectivity index (χ1n) is 7.21. The summed E-state index contributed by atoms with van der Waals surface area (Å²) in [6, 6.07) is 18.2. The molecule has 0 aliphatic heterocycles. The fourth-order valence-electron chi connectivity index (χ4n) is 2.25. The van der Waals surface area contributed by atoms with E-state index in [4.69, 9.17) is 4.74 Å². The average Bonchev–Trinajstić information content (AvgIpc) is 2.55. The number of anilines is 1. The monoisotopic (exact) mass is 283 g/mol. The summed E-state index contributed by atoms with van der Waals surface area (Å²) in [5, 5.41) is 3.51. The number of rotatable bonds is 6. The number of benzene rings is 2. The van der Waals surface area contributed by atoms with E-state index in [1.165, 1.54) is 12.7 Å². The maximum absolute atomic E-state index is 11.4. The van der Waals surface area contributed by atoms with Crippen LogP contribution in [0.1, 0.15) is 29.3 Å². The molecule has 0 radical (unpaired) electrons.